The van der Waals surface area contributed by atoms with Crippen molar-refractivity contribution in [2.24, 2.45) is 0 Å². The maximum absolute atomic E-state index is 12.3. The highest BCUT2D eigenvalue weighted by molar-refractivity contribution is 7.10. The molecule has 0 spiro atoms. The average molecular weight is 382 g/mol. The summed E-state index contributed by atoms with van der Waals surface area (Å²) in [6, 6.07) is 22.5. The van der Waals surface area contributed by atoms with Crippen molar-refractivity contribution in [3.05, 3.63) is 88.1 Å². The fourth-order valence-corrected chi connectivity index (χ4v) is 3.94. The zero-order valence-electron chi connectivity index (χ0n) is 15.4. The predicted molar refractivity (Wildman–Crippen MR) is 109 cm³/mol. The Morgan fingerprint density at radius 3 is 2.59 bits per heavy atom. The van der Waals surface area contributed by atoms with Crippen molar-refractivity contribution in [3.63, 3.8) is 0 Å². The summed E-state index contributed by atoms with van der Waals surface area (Å²) in [4.78, 5) is 13.6. The first-order valence-corrected chi connectivity index (χ1v) is 9.96. The number of para-hydroxylation sites is 1. The van der Waals surface area contributed by atoms with Crippen LogP contribution in [0.15, 0.2) is 72.1 Å². The van der Waals surface area contributed by atoms with E-state index in [1.54, 1.807) is 18.4 Å². The number of nitrogens with one attached hydrogen (secondary N) is 1. The SMILES string of the molecule is COc1ccccc1CCNC(=O)C[NH2+][C@@H](c1ccccc1)c1cccs1. The number of amides is 1. The van der Waals surface area contributed by atoms with Gasteiger partial charge in [0.2, 0.25) is 0 Å². The van der Waals surface area contributed by atoms with E-state index in [2.05, 4.69) is 40.3 Å². The van der Waals surface area contributed by atoms with Crippen molar-refractivity contribution in [1.29, 1.82) is 0 Å². The lowest BCUT2D eigenvalue weighted by Crippen LogP contribution is -2.87. The molecule has 0 bridgehead atoms. The van der Waals surface area contributed by atoms with Crippen LogP contribution in [0.3, 0.4) is 0 Å². The number of quaternary nitrogens is 1. The molecule has 3 N–H and O–H groups in total. The summed E-state index contributed by atoms with van der Waals surface area (Å²) >= 11 is 1.72. The molecule has 5 heteroatoms. The van der Waals surface area contributed by atoms with Crippen LogP contribution in [0, 0.1) is 0 Å². The standard InChI is InChI=1S/C22H24N2O2S/c1-26-19-11-6-5-8-17(19)13-14-23-21(25)16-24-22(20-12-7-15-27-20)18-9-3-2-4-10-18/h2-12,15,22,24H,13-14,16H2,1H3,(H,23,25)/p+1/t22-/m0/s1. The molecule has 3 rings (SSSR count). The summed E-state index contributed by atoms with van der Waals surface area (Å²) in [5.74, 6) is 0.905. The van der Waals surface area contributed by atoms with Crippen LogP contribution < -0.4 is 15.4 Å². The molecule has 0 aliphatic rings. The molecule has 140 valence electrons. The number of hydrogen-bond donors (Lipinski definition) is 2. The van der Waals surface area contributed by atoms with Gasteiger partial charge in [-0.2, -0.15) is 0 Å². The molecular weight excluding hydrogens is 356 g/mol. The highest BCUT2D eigenvalue weighted by Gasteiger charge is 2.19. The van der Waals surface area contributed by atoms with Crippen molar-refractivity contribution < 1.29 is 14.8 Å². The van der Waals surface area contributed by atoms with E-state index in [9.17, 15) is 4.79 Å². The second-order valence-electron chi connectivity index (χ2n) is 6.26. The number of benzene rings is 2. The molecule has 4 nitrogen and oxygen atoms in total. The van der Waals surface area contributed by atoms with E-state index in [0.717, 1.165) is 17.7 Å². The van der Waals surface area contributed by atoms with E-state index in [1.165, 1.54) is 10.4 Å². The second kappa shape index (κ2) is 9.90. The van der Waals surface area contributed by atoms with Gasteiger partial charge in [-0.15, -0.1) is 11.3 Å². The van der Waals surface area contributed by atoms with Gasteiger partial charge in [0.15, 0.2) is 6.54 Å². The number of nitrogens with two attached hydrogens (primary N) is 1. The number of rotatable bonds is 9. The van der Waals surface area contributed by atoms with Gasteiger partial charge < -0.3 is 15.4 Å². The second-order valence-corrected chi connectivity index (χ2v) is 7.23. The number of ether oxygens (including phenoxy) is 1. The first kappa shape index (κ1) is 19.1. The van der Waals surface area contributed by atoms with E-state index in [4.69, 9.17) is 4.74 Å². The van der Waals surface area contributed by atoms with Crippen LogP contribution >= 0.6 is 11.3 Å². The molecule has 1 heterocycles. The van der Waals surface area contributed by atoms with Crippen LogP contribution in [-0.2, 0) is 11.2 Å². The van der Waals surface area contributed by atoms with Crippen molar-refractivity contribution in [1.82, 2.24) is 5.32 Å². The minimum Gasteiger partial charge on any atom is -0.496 e. The number of thiophene rings is 1. The van der Waals surface area contributed by atoms with Gasteiger partial charge in [0, 0.05) is 12.1 Å². The third-order valence-electron chi connectivity index (χ3n) is 4.46. The van der Waals surface area contributed by atoms with Gasteiger partial charge in [-0.05, 0) is 29.5 Å². The van der Waals surface area contributed by atoms with Gasteiger partial charge in [-0.1, -0.05) is 54.6 Å². The van der Waals surface area contributed by atoms with Crippen molar-refractivity contribution in [2.45, 2.75) is 12.5 Å². The average Bonchev–Trinajstić information content (AvgIpc) is 3.24. The summed E-state index contributed by atoms with van der Waals surface area (Å²) in [7, 11) is 1.67. The maximum Gasteiger partial charge on any atom is 0.275 e. The maximum atomic E-state index is 12.3. The highest BCUT2D eigenvalue weighted by Crippen LogP contribution is 2.22. The van der Waals surface area contributed by atoms with Crippen molar-refractivity contribution in [2.75, 3.05) is 20.2 Å². The summed E-state index contributed by atoms with van der Waals surface area (Å²) in [5.41, 5.74) is 2.31. The Labute approximate surface area is 164 Å². The van der Waals surface area contributed by atoms with Crippen LogP contribution in [0.1, 0.15) is 22.0 Å². The van der Waals surface area contributed by atoms with Gasteiger partial charge in [-0.3, -0.25) is 4.79 Å². The van der Waals surface area contributed by atoms with Gasteiger partial charge in [-0.25, -0.2) is 0 Å². The van der Waals surface area contributed by atoms with E-state index >= 15 is 0 Å². The smallest absolute Gasteiger partial charge is 0.275 e. The topological polar surface area (TPSA) is 54.9 Å². The fourth-order valence-electron chi connectivity index (χ4n) is 3.09. The molecule has 1 atom stereocenters. The quantitative estimate of drug-likeness (QED) is 0.599. The van der Waals surface area contributed by atoms with Crippen LogP contribution in [0.4, 0.5) is 0 Å². The third kappa shape index (κ3) is 5.42. The Balaban J connectivity index is 1.52. The Kier molecular flexibility index (Phi) is 7.02. The largest absolute Gasteiger partial charge is 0.496 e. The summed E-state index contributed by atoms with van der Waals surface area (Å²) in [5, 5.41) is 7.18. The fraction of sp³-hybridized carbons (Fsp3) is 0.227. The third-order valence-corrected chi connectivity index (χ3v) is 5.41. The lowest BCUT2D eigenvalue weighted by atomic mass is 10.1. The Morgan fingerprint density at radius 1 is 1.07 bits per heavy atom. The minimum absolute atomic E-state index is 0.0439. The Hall–Kier alpha value is -2.63. The molecule has 0 aliphatic carbocycles. The van der Waals surface area contributed by atoms with Gasteiger partial charge in [0.25, 0.3) is 5.91 Å². The zero-order chi connectivity index (χ0) is 18.9. The lowest BCUT2D eigenvalue weighted by Gasteiger charge is -2.15. The molecule has 2 aromatic carbocycles. The van der Waals surface area contributed by atoms with E-state index in [1.807, 2.05) is 42.5 Å². The Bertz CT molecular complexity index is 835. The van der Waals surface area contributed by atoms with Crippen LogP contribution in [0.25, 0.3) is 0 Å². The number of methoxy groups -OCH3 is 1. The molecule has 0 aliphatic heterocycles. The molecule has 1 aromatic heterocycles. The summed E-state index contributed by atoms with van der Waals surface area (Å²) < 4.78 is 5.35. The monoisotopic (exact) mass is 381 g/mol. The first-order chi connectivity index (χ1) is 13.3. The van der Waals surface area contributed by atoms with E-state index in [0.29, 0.717) is 13.1 Å². The molecule has 0 unspecified atom stereocenters. The molecular formula is C22H25N2O2S+. The minimum atomic E-state index is 0.0439. The normalized spacial score (nSPS) is 11.7. The molecule has 3 aromatic rings. The number of carbonyl (C=O) groups is 1. The van der Waals surface area contributed by atoms with Gasteiger partial charge >= 0.3 is 0 Å². The zero-order valence-corrected chi connectivity index (χ0v) is 16.2. The van der Waals surface area contributed by atoms with E-state index in [-0.39, 0.29) is 11.9 Å². The van der Waals surface area contributed by atoms with Crippen molar-refractivity contribution in [3.8, 4) is 5.75 Å². The summed E-state index contributed by atoms with van der Waals surface area (Å²) in [6.45, 7) is 0.992. The highest BCUT2D eigenvalue weighted by atomic mass is 32.1. The van der Waals surface area contributed by atoms with Crippen LogP contribution in [0.2, 0.25) is 0 Å². The first-order valence-electron chi connectivity index (χ1n) is 9.08. The Morgan fingerprint density at radius 2 is 1.85 bits per heavy atom. The van der Waals surface area contributed by atoms with Gasteiger partial charge in [0.05, 0.1) is 12.0 Å². The lowest BCUT2D eigenvalue weighted by molar-refractivity contribution is -0.676. The molecule has 0 saturated heterocycles. The van der Waals surface area contributed by atoms with Crippen LogP contribution in [-0.4, -0.2) is 26.1 Å². The van der Waals surface area contributed by atoms with Gasteiger partial charge in [0.1, 0.15) is 11.8 Å². The van der Waals surface area contributed by atoms with Crippen molar-refractivity contribution >= 4 is 17.2 Å². The van der Waals surface area contributed by atoms with Crippen LogP contribution in [0.5, 0.6) is 5.75 Å². The molecule has 27 heavy (non-hydrogen) atoms. The predicted octanol–water partition coefficient (Wildman–Crippen LogP) is 2.77. The summed E-state index contributed by atoms with van der Waals surface area (Å²) in [6.07, 6.45) is 0.753. The molecule has 1 amide bonds. The number of carbonyl (C=O) groups excluding carboxylic acids is 1. The molecule has 0 saturated carbocycles. The number of hydrogen-bond acceptors (Lipinski definition) is 3. The molecule has 0 fully saturated rings. The van der Waals surface area contributed by atoms with E-state index < -0.39 is 0 Å². The molecule has 0 radical (unpaired) electrons.